The van der Waals surface area contributed by atoms with Crippen molar-refractivity contribution in [1.82, 2.24) is 4.98 Å². The lowest BCUT2D eigenvalue weighted by atomic mass is 10.2. The van der Waals surface area contributed by atoms with Crippen LogP contribution in [0.4, 0.5) is 0 Å². The van der Waals surface area contributed by atoms with Crippen molar-refractivity contribution >= 4 is 12.6 Å². The van der Waals surface area contributed by atoms with Gasteiger partial charge in [-0.3, -0.25) is 4.98 Å². The van der Waals surface area contributed by atoms with Crippen molar-refractivity contribution in [2.75, 3.05) is 5.75 Å². The van der Waals surface area contributed by atoms with E-state index in [0.717, 1.165) is 12.2 Å². The molecule has 2 heteroatoms. The van der Waals surface area contributed by atoms with E-state index >= 15 is 0 Å². The summed E-state index contributed by atoms with van der Waals surface area (Å²) in [4.78, 5) is 3.90. The third kappa shape index (κ3) is 2.06. The third-order valence-corrected chi connectivity index (χ3v) is 1.37. The lowest BCUT2D eigenvalue weighted by Crippen LogP contribution is -1.84. The smallest absolute Gasteiger partial charge is 0.0270 e. The molecule has 48 valence electrons. The molecule has 1 aromatic heterocycles. The lowest BCUT2D eigenvalue weighted by Gasteiger charge is -1.92. The van der Waals surface area contributed by atoms with Gasteiger partial charge in [0.15, 0.2) is 0 Å². The Labute approximate surface area is 60.5 Å². The summed E-state index contributed by atoms with van der Waals surface area (Å²) in [5.41, 5.74) is 1.31. The van der Waals surface area contributed by atoms with Crippen LogP contribution < -0.4 is 0 Å². The molecule has 0 saturated carbocycles. The van der Waals surface area contributed by atoms with E-state index in [1.54, 1.807) is 12.4 Å². The van der Waals surface area contributed by atoms with Gasteiger partial charge in [-0.2, -0.15) is 12.6 Å². The predicted octanol–water partition coefficient (Wildman–Crippen LogP) is 1.55. The summed E-state index contributed by atoms with van der Waals surface area (Å²) < 4.78 is 0. The average molecular weight is 139 g/mol. The highest BCUT2D eigenvalue weighted by molar-refractivity contribution is 7.80. The average Bonchev–Trinajstić information content (AvgIpc) is 1.91. The molecule has 0 atom stereocenters. The second-order valence-electron chi connectivity index (χ2n) is 1.83. The Kier molecular flexibility index (Phi) is 2.58. The maximum Gasteiger partial charge on any atom is 0.0270 e. The molecule has 0 aliphatic carbocycles. The number of aryl methyl sites for hydroxylation is 1. The maximum absolute atomic E-state index is 4.11. The van der Waals surface area contributed by atoms with Crippen LogP contribution in [0.15, 0.2) is 24.5 Å². The van der Waals surface area contributed by atoms with Crippen LogP contribution in [0, 0.1) is 0 Å². The van der Waals surface area contributed by atoms with Crippen molar-refractivity contribution in [3.05, 3.63) is 30.1 Å². The van der Waals surface area contributed by atoms with Gasteiger partial charge in [-0.25, -0.2) is 0 Å². The van der Waals surface area contributed by atoms with Gasteiger partial charge in [-0.15, -0.1) is 0 Å². The summed E-state index contributed by atoms with van der Waals surface area (Å²) in [5.74, 6) is 0.907. The highest BCUT2D eigenvalue weighted by Gasteiger charge is 1.85. The standard InChI is InChI=1S/C7H9NS/c9-6-3-7-1-4-8-5-2-7/h1-2,4-5,9H,3,6H2. The second kappa shape index (κ2) is 3.51. The molecule has 0 unspecified atom stereocenters. The molecule has 1 nitrogen and oxygen atoms in total. The van der Waals surface area contributed by atoms with E-state index in [9.17, 15) is 0 Å². The first kappa shape index (κ1) is 6.62. The summed E-state index contributed by atoms with van der Waals surface area (Å²) in [7, 11) is 0. The molecule has 0 aromatic carbocycles. The highest BCUT2D eigenvalue weighted by Crippen LogP contribution is 1.97. The fourth-order valence-corrected chi connectivity index (χ4v) is 0.937. The number of pyridine rings is 1. The number of hydrogen-bond acceptors (Lipinski definition) is 2. The SMILES string of the molecule is SCCc1ccncc1. The van der Waals surface area contributed by atoms with Gasteiger partial charge in [0, 0.05) is 12.4 Å². The lowest BCUT2D eigenvalue weighted by molar-refractivity contribution is 1.14. The molecule has 1 aromatic rings. The molecule has 0 spiro atoms. The molecule has 0 radical (unpaired) electrons. The van der Waals surface area contributed by atoms with Crippen LogP contribution >= 0.6 is 12.6 Å². The minimum absolute atomic E-state index is 0.907. The molecule has 0 N–H and O–H groups in total. The van der Waals surface area contributed by atoms with Crippen LogP contribution in [0.3, 0.4) is 0 Å². The minimum atomic E-state index is 0.907. The van der Waals surface area contributed by atoms with E-state index in [4.69, 9.17) is 0 Å². The number of hydrogen-bond donors (Lipinski definition) is 1. The summed E-state index contributed by atoms with van der Waals surface area (Å²) in [6, 6.07) is 4.02. The first-order valence-electron chi connectivity index (χ1n) is 2.93. The Morgan fingerprint density at radius 3 is 2.56 bits per heavy atom. The van der Waals surface area contributed by atoms with Gasteiger partial charge in [0.1, 0.15) is 0 Å². The van der Waals surface area contributed by atoms with Crippen LogP contribution in [0.5, 0.6) is 0 Å². The normalized spacial score (nSPS) is 9.44. The topological polar surface area (TPSA) is 12.9 Å². The second-order valence-corrected chi connectivity index (χ2v) is 2.28. The quantitative estimate of drug-likeness (QED) is 0.613. The van der Waals surface area contributed by atoms with Gasteiger partial charge in [-0.1, -0.05) is 0 Å². The van der Waals surface area contributed by atoms with E-state index in [0.29, 0.717) is 0 Å². The van der Waals surface area contributed by atoms with Gasteiger partial charge < -0.3 is 0 Å². The largest absolute Gasteiger partial charge is 0.265 e. The zero-order valence-corrected chi connectivity index (χ0v) is 6.01. The molecular formula is C7H9NS. The monoisotopic (exact) mass is 139 g/mol. The van der Waals surface area contributed by atoms with Gasteiger partial charge in [-0.05, 0) is 29.9 Å². The van der Waals surface area contributed by atoms with Crippen molar-refractivity contribution < 1.29 is 0 Å². The van der Waals surface area contributed by atoms with Crippen LogP contribution in [0.1, 0.15) is 5.56 Å². The Hall–Kier alpha value is -0.500. The molecular weight excluding hydrogens is 130 g/mol. The van der Waals surface area contributed by atoms with Crippen molar-refractivity contribution in [2.24, 2.45) is 0 Å². The predicted molar refractivity (Wildman–Crippen MR) is 41.8 cm³/mol. The molecule has 0 saturated heterocycles. The molecule has 0 aliphatic heterocycles. The molecule has 0 fully saturated rings. The van der Waals surface area contributed by atoms with E-state index in [2.05, 4.69) is 17.6 Å². The number of rotatable bonds is 2. The van der Waals surface area contributed by atoms with Crippen LogP contribution in [-0.2, 0) is 6.42 Å². The molecule has 0 aliphatic rings. The number of nitrogens with zero attached hydrogens (tertiary/aromatic N) is 1. The number of aromatic nitrogens is 1. The van der Waals surface area contributed by atoms with Gasteiger partial charge in [0.2, 0.25) is 0 Å². The highest BCUT2D eigenvalue weighted by atomic mass is 32.1. The fourth-order valence-electron chi connectivity index (χ4n) is 0.679. The van der Waals surface area contributed by atoms with Gasteiger partial charge >= 0.3 is 0 Å². The van der Waals surface area contributed by atoms with Crippen molar-refractivity contribution in [1.29, 1.82) is 0 Å². The Morgan fingerprint density at radius 2 is 2.00 bits per heavy atom. The molecule has 0 bridgehead atoms. The fraction of sp³-hybridized carbons (Fsp3) is 0.286. The number of thiol groups is 1. The van der Waals surface area contributed by atoms with E-state index in [-0.39, 0.29) is 0 Å². The minimum Gasteiger partial charge on any atom is -0.265 e. The molecule has 9 heavy (non-hydrogen) atoms. The van der Waals surface area contributed by atoms with Gasteiger partial charge in [0.25, 0.3) is 0 Å². The molecule has 0 amide bonds. The zero-order valence-electron chi connectivity index (χ0n) is 5.12. The van der Waals surface area contributed by atoms with Crippen LogP contribution in [0.2, 0.25) is 0 Å². The van der Waals surface area contributed by atoms with Crippen molar-refractivity contribution in [3.63, 3.8) is 0 Å². The van der Waals surface area contributed by atoms with E-state index in [1.807, 2.05) is 12.1 Å². The first-order chi connectivity index (χ1) is 4.43. The first-order valence-corrected chi connectivity index (χ1v) is 3.56. The van der Waals surface area contributed by atoms with E-state index in [1.165, 1.54) is 5.56 Å². The van der Waals surface area contributed by atoms with E-state index < -0.39 is 0 Å². The Bertz CT molecular complexity index is 162. The zero-order chi connectivity index (χ0) is 6.53. The maximum atomic E-state index is 4.11. The van der Waals surface area contributed by atoms with Crippen LogP contribution in [0.25, 0.3) is 0 Å². The van der Waals surface area contributed by atoms with Crippen LogP contribution in [-0.4, -0.2) is 10.7 Å². The summed E-state index contributed by atoms with van der Waals surface area (Å²) in [6.45, 7) is 0. The molecule has 1 rings (SSSR count). The van der Waals surface area contributed by atoms with Crippen molar-refractivity contribution in [2.45, 2.75) is 6.42 Å². The Balaban J connectivity index is 2.61. The van der Waals surface area contributed by atoms with Crippen molar-refractivity contribution in [3.8, 4) is 0 Å². The summed E-state index contributed by atoms with van der Waals surface area (Å²) in [6.07, 6.45) is 4.64. The Morgan fingerprint density at radius 1 is 1.33 bits per heavy atom. The summed E-state index contributed by atoms with van der Waals surface area (Å²) >= 11 is 4.11. The van der Waals surface area contributed by atoms with Gasteiger partial charge in [0.05, 0.1) is 0 Å². The third-order valence-electron chi connectivity index (χ3n) is 1.15. The molecule has 1 heterocycles. The summed E-state index contributed by atoms with van der Waals surface area (Å²) in [5, 5.41) is 0.